The molecule has 0 aromatic heterocycles. The summed E-state index contributed by atoms with van der Waals surface area (Å²) in [6.45, 7) is 8.78. The van der Waals surface area contributed by atoms with E-state index in [2.05, 4.69) is 78.4 Å². The molecule has 0 aliphatic carbocycles. The molecule has 0 bridgehead atoms. The highest BCUT2D eigenvalue weighted by atomic mass is 79.9. The molecule has 1 rings (SSSR count). The van der Waals surface area contributed by atoms with Crippen molar-refractivity contribution >= 4 is 33.4 Å². The quantitative estimate of drug-likeness (QED) is 0.671. The Bertz CT molecular complexity index is 423. The molecule has 0 saturated heterocycles. The molecule has 0 heterocycles. The molecule has 1 aromatic carbocycles. The number of thioether (sulfide) groups is 1. The summed E-state index contributed by atoms with van der Waals surface area (Å²) in [4.78, 5) is 2.41. The van der Waals surface area contributed by atoms with Crippen molar-refractivity contribution in [1.29, 1.82) is 0 Å². The van der Waals surface area contributed by atoms with E-state index in [9.17, 15) is 0 Å². The first-order valence-electron chi connectivity index (χ1n) is 7.66. The molecule has 0 saturated carbocycles. The molecular formula is C17H29BrN2S. The van der Waals surface area contributed by atoms with Gasteiger partial charge in [-0.15, -0.1) is 0 Å². The molecule has 2 nitrogen and oxygen atoms in total. The molecule has 0 fully saturated rings. The molecule has 1 unspecified atom stereocenters. The topological polar surface area (TPSA) is 15.3 Å². The summed E-state index contributed by atoms with van der Waals surface area (Å²) >= 11 is 5.53. The van der Waals surface area contributed by atoms with Crippen LogP contribution >= 0.6 is 27.7 Å². The minimum Gasteiger partial charge on any atom is -0.372 e. The largest absolute Gasteiger partial charge is 0.372 e. The summed E-state index contributed by atoms with van der Waals surface area (Å²) in [6.07, 6.45) is 3.39. The predicted molar refractivity (Wildman–Crippen MR) is 102 cm³/mol. The SMILES string of the molecule is CSCCC(C)N(C)c1cc(Br)ccc1CNCC(C)C. The van der Waals surface area contributed by atoms with E-state index in [-0.39, 0.29) is 0 Å². The third-order valence-electron chi connectivity index (χ3n) is 3.70. The van der Waals surface area contributed by atoms with Crippen molar-refractivity contribution in [2.75, 3.05) is 30.5 Å². The minimum atomic E-state index is 0.551. The first-order chi connectivity index (χ1) is 9.95. The van der Waals surface area contributed by atoms with Gasteiger partial charge in [-0.25, -0.2) is 0 Å². The van der Waals surface area contributed by atoms with Gasteiger partial charge in [0.25, 0.3) is 0 Å². The van der Waals surface area contributed by atoms with Crippen LogP contribution in [0.4, 0.5) is 5.69 Å². The maximum Gasteiger partial charge on any atom is 0.0422 e. The summed E-state index contributed by atoms with van der Waals surface area (Å²) < 4.78 is 1.15. The van der Waals surface area contributed by atoms with Crippen molar-refractivity contribution in [2.45, 2.75) is 39.8 Å². The zero-order valence-electron chi connectivity index (χ0n) is 13.9. The number of halogens is 1. The van der Waals surface area contributed by atoms with Gasteiger partial charge in [0, 0.05) is 29.8 Å². The highest BCUT2D eigenvalue weighted by molar-refractivity contribution is 9.10. The number of rotatable bonds is 9. The molecule has 120 valence electrons. The van der Waals surface area contributed by atoms with Gasteiger partial charge in [-0.1, -0.05) is 35.8 Å². The minimum absolute atomic E-state index is 0.551. The molecule has 4 heteroatoms. The van der Waals surface area contributed by atoms with Crippen LogP contribution in [0.3, 0.4) is 0 Å². The molecule has 21 heavy (non-hydrogen) atoms. The van der Waals surface area contributed by atoms with E-state index < -0.39 is 0 Å². The fourth-order valence-electron chi connectivity index (χ4n) is 2.23. The molecule has 0 aliphatic rings. The van der Waals surface area contributed by atoms with Crippen LogP contribution in [0.25, 0.3) is 0 Å². The van der Waals surface area contributed by atoms with Crippen LogP contribution < -0.4 is 10.2 Å². The Kier molecular flexibility index (Phi) is 8.76. The maximum absolute atomic E-state index is 3.61. The zero-order chi connectivity index (χ0) is 15.8. The average molecular weight is 373 g/mol. The lowest BCUT2D eigenvalue weighted by molar-refractivity contribution is 0.551. The van der Waals surface area contributed by atoms with Crippen LogP contribution in [-0.4, -0.2) is 31.6 Å². The average Bonchev–Trinajstić information content (AvgIpc) is 2.45. The highest BCUT2D eigenvalue weighted by Gasteiger charge is 2.14. The molecule has 0 spiro atoms. The highest BCUT2D eigenvalue weighted by Crippen LogP contribution is 2.27. The lowest BCUT2D eigenvalue weighted by Crippen LogP contribution is -2.31. The van der Waals surface area contributed by atoms with E-state index >= 15 is 0 Å². The summed E-state index contributed by atoms with van der Waals surface area (Å²) in [5.41, 5.74) is 2.70. The zero-order valence-corrected chi connectivity index (χ0v) is 16.4. The Morgan fingerprint density at radius 3 is 2.62 bits per heavy atom. The van der Waals surface area contributed by atoms with Gasteiger partial charge in [-0.2, -0.15) is 11.8 Å². The molecule has 1 aromatic rings. The Balaban J connectivity index is 2.80. The number of nitrogens with one attached hydrogen (secondary N) is 1. The van der Waals surface area contributed by atoms with Crippen molar-refractivity contribution in [1.82, 2.24) is 5.32 Å². The van der Waals surface area contributed by atoms with Gasteiger partial charge in [0.2, 0.25) is 0 Å². The van der Waals surface area contributed by atoms with Crippen molar-refractivity contribution in [3.63, 3.8) is 0 Å². The fraction of sp³-hybridized carbons (Fsp3) is 0.647. The molecular weight excluding hydrogens is 344 g/mol. The van der Waals surface area contributed by atoms with Gasteiger partial charge >= 0.3 is 0 Å². The van der Waals surface area contributed by atoms with Crippen LogP contribution in [0.15, 0.2) is 22.7 Å². The number of hydrogen-bond acceptors (Lipinski definition) is 3. The Morgan fingerprint density at radius 2 is 2.00 bits per heavy atom. The van der Waals surface area contributed by atoms with Crippen molar-refractivity contribution in [3.05, 3.63) is 28.2 Å². The first-order valence-corrected chi connectivity index (χ1v) is 9.85. The number of anilines is 1. The number of hydrogen-bond donors (Lipinski definition) is 1. The third kappa shape index (κ3) is 6.62. The Labute approximate surface area is 143 Å². The number of nitrogens with zero attached hydrogens (tertiary/aromatic N) is 1. The Hall–Kier alpha value is -0.190. The van der Waals surface area contributed by atoms with Gasteiger partial charge in [-0.05, 0) is 55.5 Å². The van der Waals surface area contributed by atoms with Gasteiger partial charge in [0.15, 0.2) is 0 Å². The van der Waals surface area contributed by atoms with E-state index in [1.165, 1.54) is 23.4 Å². The lowest BCUT2D eigenvalue weighted by Gasteiger charge is -2.29. The van der Waals surface area contributed by atoms with E-state index in [1.807, 2.05) is 11.8 Å². The van der Waals surface area contributed by atoms with Gasteiger partial charge in [0.1, 0.15) is 0 Å². The van der Waals surface area contributed by atoms with Crippen LogP contribution in [0.1, 0.15) is 32.8 Å². The van der Waals surface area contributed by atoms with Crippen molar-refractivity contribution in [3.8, 4) is 0 Å². The molecule has 0 amide bonds. The van der Waals surface area contributed by atoms with E-state index in [0.29, 0.717) is 12.0 Å². The van der Waals surface area contributed by atoms with E-state index in [0.717, 1.165) is 17.6 Å². The second-order valence-electron chi connectivity index (χ2n) is 6.04. The van der Waals surface area contributed by atoms with Crippen molar-refractivity contribution in [2.24, 2.45) is 5.92 Å². The van der Waals surface area contributed by atoms with Crippen LogP contribution in [-0.2, 0) is 6.54 Å². The first kappa shape index (κ1) is 18.9. The second kappa shape index (κ2) is 9.75. The lowest BCUT2D eigenvalue weighted by atomic mass is 10.1. The normalized spacial score (nSPS) is 12.7. The van der Waals surface area contributed by atoms with Crippen molar-refractivity contribution < 1.29 is 0 Å². The molecule has 1 atom stereocenters. The van der Waals surface area contributed by atoms with E-state index in [1.54, 1.807) is 0 Å². The fourth-order valence-corrected chi connectivity index (χ4v) is 3.16. The monoisotopic (exact) mass is 372 g/mol. The van der Waals surface area contributed by atoms with Crippen LogP contribution in [0.2, 0.25) is 0 Å². The van der Waals surface area contributed by atoms with Gasteiger partial charge in [-0.3, -0.25) is 0 Å². The van der Waals surface area contributed by atoms with Gasteiger partial charge < -0.3 is 10.2 Å². The standard InChI is InChI=1S/C17H29BrN2S/c1-13(2)11-19-12-15-6-7-16(18)10-17(15)20(4)14(3)8-9-21-5/h6-7,10,13-14,19H,8-9,11-12H2,1-5H3. The summed E-state index contributed by atoms with van der Waals surface area (Å²) in [6, 6.07) is 7.15. The summed E-state index contributed by atoms with van der Waals surface area (Å²) in [5.74, 6) is 1.89. The molecule has 1 N–H and O–H groups in total. The van der Waals surface area contributed by atoms with E-state index in [4.69, 9.17) is 0 Å². The Morgan fingerprint density at radius 1 is 1.29 bits per heavy atom. The predicted octanol–water partition coefficient (Wildman–Crippen LogP) is 4.77. The van der Waals surface area contributed by atoms with Crippen LogP contribution in [0.5, 0.6) is 0 Å². The number of benzene rings is 1. The molecule has 0 radical (unpaired) electrons. The van der Waals surface area contributed by atoms with Crippen LogP contribution in [0, 0.1) is 5.92 Å². The third-order valence-corrected chi connectivity index (χ3v) is 4.83. The van der Waals surface area contributed by atoms with Gasteiger partial charge in [0.05, 0.1) is 0 Å². The smallest absolute Gasteiger partial charge is 0.0422 e. The molecule has 0 aliphatic heterocycles. The maximum atomic E-state index is 3.61. The summed E-state index contributed by atoms with van der Waals surface area (Å²) in [7, 11) is 2.21. The second-order valence-corrected chi connectivity index (χ2v) is 7.94. The summed E-state index contributed by atoms with van der Waals surface area (Å²) in [5, 5.41) is 3.55.